The third kappa shape index (κ3) is 1.18. The maximum atomic E-state index is 6.01. The highest BCUT2D eigenvalue weighted by molar-refractivity contribution is 5.91. The highest BCUT2D eigenvalue weighted by Crippen LogP contribution is 2.29. The number of benzene rings is 1. The highest BCUT2D eigenvalue weighted by Gasteiger charge is 2.08. The van der Waals surface area contributed by atoms with Gasteiger partial charge in [0, 0.05) is 35.4 Å². The Balaban J connectivity index is 2.32. The average molecular weight is 213 g/mol. The number of hydrogen-bond acceptors (Lipinski definition) is 3. The predicted octanol–water partition coefficient (Wildman–Crippen LogP) is 1.55. The lowest BCUT2D eigenvalue weighted by atomic mass is 10.1. The van der Waals surface area contributed by atoms with E-state index in [0.29, 0.717) is 0 Å². The molecular formula is C11H11N5. The van der Waals surface area contributed by atoms with Crippen molar-refractivity contribution < 1.29 is 0 Å². The van der Waals surface area contributed by atoms with Gasteiger partial charge in [0.25, 0.3) is 0 Å². The van der Waals surface area contributed by atoms with E-state index >= 15 is 0 Å². The molecule has 0 aliphatic rings. The van der Waals surface area contributed by atoms with Crippen LogP contribution in [0.3, 0.4) is 0 Å². The van der Waals surface area contributed by atoms with E-state index in [2.05, 4.69) is 15.3 Å². The first-order valence-electron chi connectivity index (χ1n) is 4.96. The predicted molar refractivity (Wildman–Crippen MR) is 62.7 cm³/mol. The van der Waals surface area contributed by atoms with Gasteiger partial charge in [0.2, 0.25) is 0 Å². The minimum Gasteiger partial charge on any atom is -0.398 e. The van der Waals surface area contributed by atoms with Crippen molar-refractivity contribution in [3.63, 3.8) is 0 Å². The van der Waals surface area contributed by atoms with Crippen LogP contribution in [0, 0.1) is 0 Å². The fraction of sp³-hybridized carbons (Fsp3) is 0.0909. The Hall–Kier alpha value is -2.30. The largest absolute Gasteiger partial charge is 0.398 e. The standard InChI is InChI=1S/C11H11N5/c1-16-11-3-9(8-4-13-14-5-8)10(12)2-7(11)6-15-16/h2-6H,12H2,1H3,(H,13,14). The molecule has 5 nitrogen and oxygen atoms in total. The van der Waals surface area contributed by atoms with Crippen LogP contribution in [-0.4, -0.2) is 20.0 Å². The van der Waals surface area contributed by atoms with Crippen molar-refractivity contribution in [3.05, 3.63) is 30.7 Å². The minimum absolute atomic E-state index is 0.738. The van der Waals surface area contributed by atoms with Crippen LogP contribution in [0.15, 0.2) is 30.7 Å². The van der Waals surface area contributed by atoms with Crippen molar-refractivity contribution in [2.75, 3.05) is 5.73 Å². The summed E-state index contributed by atoms with van der Waals surface area (Å²) < 4.78 is 1.83. The zero-order valence-electron chi connectivity index (χ0n) is 8.81. The smallest absolute Gasteiger partial charge is 0.0686 e. The van der Waals surface area contributed by atoms with Crippen LogP contribution in [-0.2, 0) is 7.05 Å². The zero-order chi connectivity index (χ0) is 11.1. The lowest BCUT2D eigenvalue weighted by Crippen LogP contribution is -1.92. The summed E-state index contributed by atoms with van der Waals surface area (Å²) in [5.74, 6) is 0. The number of H-pyrrole nitrogens is 1. The number of anilines is 1. The summed E-state index contributed by atoms with van der Waals surface area (Å²) in [6, 6.07) is 3.97. The second kappa shape index (κ2) is 3.10. The summed E-state index contributed by atoms with van der Waals surface area (Å²) in [7, 11) is 1.91. The fourth-order valence-electron chi connectivity index (χ4n) is 1.87. The number of hydrogen-bond donors (Lipinski definition) is 2. The van der Waals surface area contributed by atoms with Crippen LogP contribution in [0.5, 0.6) is 0 Å². The van der Waals surface area contributed by atoms with Gasteiger partial charge in [-0.05, 0) is 12.1 Å². The number of rotatable bonds is 1. The Morgan fingerprint density at radius 3 is 2.94 bits per heavy atom. The van der Waals surface area contributed by atoms with Gasteiger partial charge in [0.1, 0.15) is 0 Å². The highest BCUT2D eigenvalue weighted by atomic mass is 15.2. The Morgan fingerprint density at radius 2 is 2.19 bits per heavy atom. The Morgan fingerprint density at radius 1 is 1.31 bits per heavy atom. The molecule has 0 aliphatic heterocycles. The molecule has 80 valence electrons. The van der Waals surface area contributed by atoms with Gasteiger partial charge in [-0.25, -0.2) is 0 Å². The maximum Gasteiger partial charge on any atom is 0.0686 e. The monoisotopic (exact) mass is 213 g/mol. The van der Waals surface area contributed by atoms with Crippen molar-refractivity contribution in [3.8, 4) is 11.1 Å². The molecule has 0 radical (unpaired) electrons. The lowest BCUT2D eigenvalue weighted by Gasteiger charge is -2.04. The third-order valence-electron chi connectivity index (χ3n) is 2.73. The van der Waals surface area contributed by atoms with Crippen LogP contribution in [0.4, 0.5) is 5.69 Å². The number of aryl methyl sites for hydroxylation is 1. The molecule has 16 heavy (non-hydrogen) atoms. The third-order valence-corrected chi connectivity index (χ3v) is 2.73. The topological polar surface area (TPSA) is 72.5 Å². The van der Waals surface area contributed by atoms with Gasteiger partial charge in [-0.2, -0.15) is 10.2 Å². The number of nitrogen functional groups attached to an aromatic ring is 1. The molecule has 0 bridgehead atoms. The van der Waals surface area contributed by atoms with E-state index in [-0.39, 0.29) is 0 Å². The number of aromatic amines is 1. The molecule has 5 heteroatoms. The molecule has 0 spiro atoms. The van der Waals surface area contributed by atoms with Gasteiger partial charge in [-0.15, -0.1) is 0 Å². The molecule has 0 atom stereocenters. The van der Waals surface area contributed by atoms with E-state index in [4.69, 9.17) is 5.73 Å². The van der Waals surface area contributed by atoms with Crippen LogP contribution >= 0.6 is 0 Å². The fourth-order valence-corrected chi connectivity index (χ4v) is 1.87. The van der Waals surface area contributed by atoms with E-state index in [1.165, 1.54) is 0 Å². The number of fused-ring (bicyclic) bond motifs is 1. The first-order chi connectivity index (χ1) is 7.75. The molecule has 0 fully saturated rings. The Kier molecular flexibility index (Phi) is 1.73. The molecule has 0 amide bonds. The first-order valence-corrected chi connectivity index (χ1v) is 4.96. The number of nitrogens with zero attached hydrogens (tertiary/aromatic N) is 3. The van der Waals surface area contributed by atoms with E-state index in [1.807, 2.05) is 36.3 Å². The summed E-state index contributed by atoms with van der Waals surface area (Å²) in [5, 5.41) is 12.0. The number of aromatic nitrogens is 4. The molecule has 0 saturated heterocycles. The summed E-state index contributed by atoms with van der Waals surface area (Å²) in [4.78, 5) is 0. The quantitative estimate of drug-likeness (QED) is 0.602. The van der Waals surface area contributed by atoms with Crippen LogP contribution in [0.2, 0.25) is 0 Å². The zero-order valence-corrected chi connectivity index (χ0v) is 8.81. The molecule has 0 unspecified atom stereocenters. The summed E-state index contributed by atoms with van der Waals surface area (Å²) in [6.45, 7) is 0. The molecule has 3 N–H and O–H groups in total. The van der Waals surface area contributed by atoms with Crippen molar-refractivity contribution in [1.82, 2.24) is 20.0 Å². The summed E-state index contributed by atoms with van der Waals surface area (Å²) in [5.41, 5.74) is 9.77. The van der Waals surface area contributed by atoms with Gasteiger partial charge in [-0.1, -0.05) is 0 Å². The molecule has 1 aromatic carbocycles. The summed E-state index contributed by atoms with van der Waals surface area (Å²) in [6.07, 6.45) is 5.40. The Bertz CT molecular complexity index is 636. The van der Waals surface area contributed by atoms with E-state index < -0.39 is 0 Å². The van der Waals surface area contributed by atoms with Crippen molar-refractivity contribution >= 4 is 16.6 Å². The maximum absolute atomic E-state index is 6.01. The molecule has 2 heterocycles. The van der Waals surface area contributed by atoms with Crippen LogP contribution < -0.4 is 5.73 Å². The van der Waals surface area contributed by atoms with Crippen molar-refractivity contribution in [1.29, 1.82) is 0 Å². The normalized spacial score (nSPS) is 11.1. The molecule has 0 saturated carbocycles. The van der Waals surface area contributed by atoms with E-state index in [0.717, 1.165) is 27.7 Å². The second-order valence-electron chi connectivity index (χ2n) is 3.75. The van der Waals surface area contributed by atoms with Gasteiger partial charge in [0.15, 0.2) is 0 Å². The van der Waals surface area contributed by atoms with Gasteiger partial charge in [-0.3, -0.25) is 9.78 Å². The lowest BCUT2D eigenvalue weighted by molar-refractivity contribution is 0.797. The van der Waals surface area contributed by atoms with E-state index in [1.54, 1.807) is 6.20 Å². The molecular weight excluding hydrogens is 202 g/mol. The van der Waals surface area contributed by atoms with Crippen LogP contribution in [0.1, 0.15) is 0 Å². The number of nitrogens with one attached hydrogen (secondary N) is 1. The SMILES string of the molecule is Cn1ncc2cc(N)c(-c3cn[nH]c3)cc21. The molecule has 0 aliphatic carbocycles. The minimum atomic E-state index is 0.738. The second-order valence-corrected chi connectivity index (χ2v) is 3.75. The van der Waals surface area contributed by atoms with Gasteiger partial charge >= 0.3 is 0 Å². The number of nitrogens with two attached hydrogens (primary N) is 1. The van der Waals surface area contributed by atoms with Crippen LogP contribution in [0.25, 0.3) is 22.0 Å². The first kappa shape index (κ1) is 8.96. The molecule has 3 rings (SSSR count). The van der Waals surface area contributed by atoms with Crippen molar-refractivity contribution in [2.24, 2.45) is 7.05 Å². The Labute approximate surface area is 91.9 Å². The average Bonchev–Trinajstić information content (AvgIpc) is 2.88. The van der Waals surface area contributed by atoms with Crippen molar-refractivity contribution in [2.45, 2.75) is 0 Å². The van der Waals surface area contributed by atoms with E-state index in [9.17, 15) is 0 Å². The summed E-state index contributed by atoms with van der Waals surface area (Å²) >= 11 is 0. The molecule has 3 aromatic rings. The molecule has 2 aromatic heterocycles. The van der Waals surface area contributed by atoms with Gasteiger partial charge in [0.05, 0.1) is 17.9 Å². The van der Waals surface area contributed by atoms with Gasteiger partial charge < -0.3 is 5.73 Å².